The van der Waals surface area contributed by atoms with Crippen LogP contribution >= 0.6 is 0 Å². The third-order valence-electron chi connectivity index (χ3n) is 2.99. The quantitative estimate of drug-likeness (QED) is 0.681. The number of anilines is 2. The van der Waals surface area contributed by atoms with Crippen LogP contribution in [0.2, 0.25) is 0 Å². The summed E-state index contributed by atoms with van der Waals surface area (Å²) in [5.74, 6) is 1.50. The Hall–Kier alpha value is -2.40. The first-order chi connectivity index (χ1) is 10.2. The molecule has 0 atom stereocenters. The molecule has 0 aliphatic carbocycles. The lowest BCUT2D eigenvalue weighted by Gasteiger charge is -2.13. The minimum absolute atomic E-state index is 0.0255. The van der Waals surface area contributed by atoms with Crippen LogP contribution in [0.25, 0.3) is 0 Å². The van der Waals surface area contributed by atoms with Gasteiger partial charge in [-0.2, -0.15) is 0 Å². The second-order valence-corrected chi connectivity index (χ2v) is 4.53. The maximum absolute atomic E-state index is 8.85. The zero-order valence-electron chi connectivity index (χ0n) is 12.0. The summed E-state index contributed by atoms with van der Waals surface area (Å²) in [5, 5.41) is 12.1. The molecule has 5 heteroatoms. The second-order valence-electron chi connectivity index (χ2n) is 4.53. The van der Waals surface area contributed by atoms with Crippen LogP contribution in [0.5, 0.6) is 11.5 Å². The van der Waals surface area contributed by atoms with Crippen molar-refractivity contribution >= 4 is 11.4 Å². The Bertz CT molecular complexity index is 570. The maximum Gasteiger partial charge on any atom is 0.142 e. The first-order valence-corrected chi connectivity index (χ1v) is 6.73. The van der Waals surface area contributed by atoms with Gasteiger partial charge in [0.2, 0.25) is 0 Å². The average Bonchev–Trinajstić information content (AvgIpc) is 2.52. The summed E-state index contributed by atoms with van der Waals surface area (Å²) in [6, 6.07) is 13.2. The lowest BCUT2D eigenvalue weighted by atomic mass is 10.2. The number of methoxy groups -OCH3 is 1. The van der Waals surface area contributed by atoms with E-state index in [4.69, 9.17) is 20.3 Å². The van der Waals surface area contributed by atoms with E-state index in [1.807, 2.05) is 30.3 Å². The summed E-state index contributed by atoms with van der Waals surface area (Å²) in [7, 11) is 1.64. The van der Waals surface area contributed by atoms with E-state index < -0.39 is 0 Å². The third-order valence-corrected chi connectivity index (χ3v) is 2.99. The van der Waals surface area contributed by atoms with Crippen molar-refractivity contribution in [1.29, 1.82) is 0 Å². The van der Waals surface area contributed by atoms with Crippen LogP contribution in [0, 0.1) is 0 Å². The van der Waals surface area contributed by atoms with Crippen LogP contribution in [0.1, 0.15) is 5.56 Å². The summed E-state index contributed by atoms with van der Waals surface area (Å²) in [6.45, 7) is 0.867. The molecule has 5 nitrogen and oxygen atoms in total. The highest BCUT2D eigenvalue weighted by Crippen LogP contribution is 2.27. The van der Waals surface area contributed by atoms with E-state index in [0.29, 0.717) is 18.0 Å². The number of aliphatic hydroxyl groups is 1. The van der Waals surface area contributed by atoms with Gasteiger partial charge < -0.3 is 25.6 Å². The highest BCUT2D eigenvalue weighted by atomic mass is 16.5. The van der Waals surface area contributed by atoms with Crippen molar-refractivity contribution in [3.05, 3.63) is 48.0 Å². The molecule has 0 aliphatic rings. The zero-order valence-corrected chi connectivity index (χ0v) is 12.0. The summed E-state index contributed by atoms with van der Waals surface area (Å²) in [4.78, 5) is 0. The summed E-state index contributed by atoms with van der Waals surface area (Å²) < 4.78 is 10.6. The van der Waals surface area contributed by atoms with Gasteiger partial charge in [-0.25, -0.2) is 0 Å². The molecule has 0 saturated heterocycles. The van der Waals surface area contributed by atoms with Crippen LogP contribution in [-0.4, -0.2) is 25.4 Å². The van der Waals surface area contributed by atoms with Crippen LogP contribution in [-0.2, 0) is 6.54 Å². The molecule has 2 aromatic rings. The molecule has 0 amide bonds. The van der Waals surface area contributed by atoms with Crippen LogP contribution < -0.4 is 20.5 Å². The highest BCUT2D eigenvalue weighted by molar-refractivity contribution is 5.63. The SMILES string of the molecule is COc1ccc(CNc2cc(N)ccc2OCCO)cc1. The topological polar surface area (TPSA) is 76.7 Å². The molecule has 0 radical (unpaired) electrons. The van der Waals surface area contributed by atoms with E-state index in [1.54, 1.807) is 19.2 Å². The Morgan fingerprint density at radius 3 is 2.57 bits per heavy atom. The number of ether oxygens (including phenoxy) is 2. The molecule has 4 N–H and O–H groups in total. The average molecular weight is 288 g/mol. The second kappa shape index (κ2) is 7.40. The molecule has 2 rings (SSSR count). The lowest BCUT2D eigenvalue weighted by molar-refractivity contribution is 0.202. The van der Waals surface area contributed by atoms with Crippen molar-refractivity contribution in [2.24, 2.45) is 0 Å². The molecule has 112 valence electrons. The fraction of sp³-hybridized carbons (Fsp3) is 0.250. The molecule has 0 spiro atoms. The minimum Gasteiger partial charge on any atom is -0.497 e. The lowest BCUT2D eigenvalue weighted by Crippen LogP contribution is -2.06. The van der Waals surface area contributed by atoms with Crippen molar-refractivity contribution in [2.75, 3.05) is 31.4 Å². The number of aliphatic hydroxyl groups excluding tert-OH is 1. The number of nitrogens with one attached hydrogen (secondary N) is 1. The van der Waals surface area contributed by atoms with Crippen LogP contribution in [0.3, 0.4) is 0 Å². The summed E-state index contributed by atoms with van der Waals surface area (Å²) in [5.41, 5.74) is 8.38. The molecule has 0 fully saturated rings. The van der Waals surface area contributed by atoms with Crippen LogP contribution in [0.4, 0.5) is 11.4 Å². The summed E-state index contributed by atoms with van der Waals surface area (Å²) in [6.07, 6.45) is 0. The molecule has 0 aromatic heterocycles. The first-order valence-electron chi connectivity index (χ1n) is 6.73. The van der Waals surface area contributed by atoms with Crippen molar-refractivity contribution < 1.29 is 14.6 Å². The van der Waals surface area contributed by atoms with Crippen molar-refractivity contribution in [3.8, 4) is 11.5 Å². The molecule has 0 unspecified atom stereocenters. The van der Waals surface area contributed by atoms with Gasteiger partial charge in [-0.1, -0.05) is 12.1 Å². The summed E-state index contributed by atoms with van der Waals surface area (Å²) >= 11 is 0. The maximum atomic E-state index is 8.85. The van der Waals surface area contributed by atoms with E-state index in [2.05, 4.69) is 5.32 Å². The van der Waals surface area contributed by atoms with E-state index >= 15 is 0 Å². The number of hydrogen-bond donors (Lipinski definition) is 3. The number of nitrogens with two attached hydrogens (primary N) is 1. The Kier molecular flexibility index (Phi) is 5.29. The smallest absolute Gasteiger partial charge is 0.142 e. The molecular weight excluding hydrogens is 268 g/mol. The van der Waals surface area contributed by atoms with Gasteiger partial charge in [-0.3, -0.25) is 0 Å². The van der Waals surface area contributed by atoms with E-state index in [1.165, 1.54) is 0 Å². The fourth-order valence-corrected chi connectivity index (χ4v) is 1.91. The predicted molar refractivity (Wildman–Crippen MR) is 83.8 cm³/mol. The predicted octanol–water partition coefficient (Wildman–Crippen LogP) is 2.26. The zero-order chi connectivity index (χ0) is 15.1. The van der Waals surface area contributed by atoms with E-state index in [9.17, 15) is 0 Å². The number of rotatable bonds is 7. The Morgan fingerprint density at radius 1 is 1.14 bits per heavy atom. The van der Waals surface area contributed by atoms with Gasteiger partial charge in [0, 0.05) is 12.2 Å². The van der Waals surface area contributed by atoms with E-state index in [-0.39, 0.29) is 13.2 Å². The van der Waals surface area contributed by atoms with Gasteiger partial charge >= 0.3 is 0 Å². The monoisotopic (exact) mass is 288 g/mol. The van der Waals surface area contributed by atoms with Gasteiger partial charge in [-0.15, -0.1) is 0 Å². The van der Waals surface area contributed by atoms with Gasteiger partial charge in [0.1, 0.15) is 18.1 Å². The molecule has 0 saturated carbocycles. The Labute approximate surface area is 124 Å². The number of benzene rings is 2. The van der Waals surface area contributed by atoms with E-state index in [0.717, 1.165) is 17.0 Å². The first kappa shape index (κ1) is 15.0. The molecule has 21 heavy (non-hydrogen) atoms. The van der Waals surface area contributed by atoms with Crippen molar-refractivity contribution in [3.63, 3.8) is 0 Å². The number of hydrogen-bond acceptors (Lipinski definition) is 5. The molecule has 0 heterocycles. The minimum atomic E-state index is -0.0255. The van der Waals surface area contributed by atoms with Crippen LogP contribution in [0.15, 0.2) is 42.5 Å². The van der Waals surface area contributed by atoms with Gasteiger partial charge in [0.05, 0.1) is 19.4 Å². The molecule has 0 aliphatic heterocycles. The fourth-order valence-electron chi connectivity index (χ4n) is 1.91. The number of nitrogen functional groups attached to an aromatic ring is 1. The van der Waals surface area contributed by atoms with Gasteiger partial charge in [0.15, 0.2) is 0 Å². The van der Waals surface area contributed by atoms with Gasteiger partial charge in [0.25, 0.3) is 0 Å². The molecular formula is C16H20N2O3. The Morgan fingerprint density at radius 2 is 1.90 bits per heavy atom. The van der Waals surface area contributed by atoms with Crippen molar-refractivity contribution in [1.82, 2.24) is 0 Å². The third kappa shape index (κ3) is 4.29. The standard InChI is InChI=1S/C16H20N2O3/c1-20-14-5-2-12(3-6-14)11-18-15-10-13(17)4-7-16(15)21-9-8-19/h2-7,10,18-19H,8-9,11,17H2,1H3. The largest absolute Gasteiger partial charge is 0.497 e. The molecule has 0 bridgehead atoms. The molecule has 2 aromatic carbocycles. The Balaban J connectivity index is 2.05. The highest BCUT2D eigenvalue weighted by Gasteiger charge is 2.04. The van der Waals surface area contributed by atoms with Gasteiger partial charge in [-0.05, 0) is 35.9 Å². The van der Waals surface area contributed by atoms with Crippen molar-refractivity contribution in [2.45, 2.75) is 6.54 Å². The normalized spacial score (nSPS) is 10.2.